The van der Waals surface area contributed by atoms with Crippen LogP contribution in [0.3, 0.4) is 0 Å². The molecule has 1 aliphatic heterocycles. The summed E-state index contributed by atoms with van der Waals surface area (Å²) in [4.78, 5) is 26.4. The number of carbonyl (C=O) groups is 2. The average Bonchev–Trinajstić information content (AvgIpc) is 3.18. The lowest BCUT2D eigenvalue weighted by molar-refractivity contribution is -0.122. The molecule has 5 heteroatoms. The van der Waals surface area contributed by atoms with Crippen LogP contribution in [0.2, 0.25) is 0 Å². The van der Waals surface area contributed by atoms with Crippen LogP contribution in [0.5, 0.6) is 5.75 Å². The number of ether oxygens (including phenoxy) is 1. The number of hydrogen-bond donors (Lipinski definition) is 1. The summed E-state index contributed by atoms with van der Waals surface area (Å²) >= 11 is 0. The zero-order valence-corrected chi connectivity index (χ0v) is 16.4. The van der Waals surface area contributed by atoms with Gasteiger partial charge in [-0.05, 0) is 48.6 Å². The Kier molecular flexibility index (Phi) is 5.47. The van der Waals surface area contributed by atoms with Crippen molar-refractivity contribution < 1.29 is 14.3 Å². The van der Waals surface area contributed by atoms with Crippen molar-refractivity contribution in [3.8, 4) is 5.75 Å². The molecular formula is C24H24N2O3. The zero-order valence-electron chi connectivity index (χ0n) is 16.4. The van der Waals surface area contributed by atoms with Gasteiger partial charge in [0.25, 0.3) is 5.91 Å². The Labute approximate surface area is 170 Å². The summed E-state index contributed by atoms with van der Waals surface area (Å²) in [6.45, 7) is 2.68. The highest BCUT2D eigenvalue weighted by Crippen LogP contribution is 2.27. The molecule has 1 N–H and O–H groups in total. The van der Waals surface area contributed by atoms with Crippen molar-refractivity contribution in [2.24, 2.45) is 0 Å². The molecule has 0 radical (unpaired) electrons. The third kappa shape index (κ3) is 4.09. The SMILES string of the molecule is CC[C@@H](Oc1cccc2ccccc12)C(=O)Nc1ccc(N2CCCC2=O)cc1. The van der Waals surface area contributed by atoms with Crippen molar-refractivity contribution in [2.75, 3.05) is 16.8 Å². The van der Waals surface area contributed by atoms with E-state index in [-0.39, 0.29) is 11.8 Å². The standard InChI is InChI=1S/C24H24N2O3/c1-2-21(29-22-10-5-8-17-7-3-4-9-20(17)22)24(28)25-18-12-14-19(15-13-18)26-16-6-11-23(26)27/h3-5,7-10,12-15,21H,2,6,11,16H2,1H3,(H,25,28)/t21-/m1/s1. The summed E-state index contributed by atoms with van der Waals surface area (Å²) in [6.07, 6.45) is 1.44. The van der Waals surface area contributed by atoms with Gasteiger partial charge in [-0.25, -0.2) is 0 Å². The highest BCUT2D eigenvalue weighted by atomic mass is 16.5. The molecule has 29 heavy (non-hydrogen) atoms. The van der Waals surface area contributed by atoms with E-state index < -0.39 is 6.10 Å². The number of nitrogens with zero attached hydrogens (tertiary/aromatic N) is 1. The molecule has 1 atom stereocenters. The van der Waals surface area contributed by atoms with Crippen LogP contribution in [-0.2, 0) is 9.59 Å². The van der Waals surface area contributed by atoms with Gasteiger partial charge in [0.05, 0.1) is 0 Å². The fourth-order valence-electron chi connectivity index (χ4n) is 3.64. The molecule has 1 aliphatic rings. The molecule has 1 heterocycles. The van der Waals surface area contributed by atoms with E-state index >= 15 is 0 Å². The van der Waals surface area contributed by atoms with Crippen LogP contribution < -0.4 is 15.0 Å². The van der Waals surface area contributed by atoms with Gasteiger partial charge in [-0.3, -0.25) is 9.59 Å². The minimum atomic E-state index is -0.597. The van der Waals surface area contributed by atoms with Crippen LogP contribution >= 0.6 is 0 Å². The number of anilines is 2. The number of nitrogens with one attached hydrogen (secondary N) is 1. The smallest absolute Gasteiger partial charge is 0.265 e. The van der Waals surface area contributed by atoms with Gasteiger partial charge in [0, 0.05) is 29.7 Å². The maximum Gasteiger partial charge on any atom is 0.265 e. The molecule has 1 fully saturated rings. The van der Waals surface area contributed by atoms with Gasteiger partial charge in [0.1, 0.15) is 5.75 Å². The zero-order chi connectivity index (χ0) is 20.2. The van der Waals surface area contributed by atoms with Crippen LogP contribution in [0.25, 0.3) is 10.8 Å². The number of carbonyl (C=O) groups excluding carboxylic acids is 2. The minimum absolute atomic E-state index is 0.149. The predicted octanol–water partition coefficient (Wildman–Crippen LogP) is 4.76. The van der Waals surface area contributed by atoms with Gasteiger partial charge in [-0.15, -0.1) is 0 Å². The van der Waals surface area contributed by atoms with Crippen LogP contribution in [0.15, 0.2) is 66.7 Å². The fourth-order valence-corrected chi connectivity index (χ4v) is 3.64. The first kappa shape index (κ1) is 19.0. The molecule has 1 saturated heterocycles. The Hall–Kier alpha value is -3.34. The molecule has 0 spiro atoms. The molecule has 2 amide bonds. The summed E-state index contributed by atoms with van der Waals surface area (Å²) in [5.41, 5.74) is 1.55. The summed E-state index contributed by atoms with van der Waals surface area (Å²) in [5.74, 6) is 0.662. The summed E-state index contributed by atoms with van der Waals surface area (Å²) in [7, 11) is 0. The highest BCUT2D eigenvalue weighted by molar-refractivity contribution is 5.97. The molecule has 4 rings (SSSR count). The second-order valence-corrected chi connectivity index (χ2v) is 7.18. The molecule has 0 saturated carbocycles. The Bertz CT molecular complexity index is 1020. The second-order valence-electron chi connectivity index (χ2n) is 7.18. The van der Waals surface area contributed by atoms with E-state index in [1.165, 1.54) is 0 Å². The third-order valence-corrected chi connectivity index (χ3v) is 5.20. The molecule has 5 nitrogen and oxygen atoms in total. The van der Waals surface area contributed by atoms with E-state index in [0.717, 1.165) is 29.4 Å². The Morgan fingerprint density at radius 2 is 1.83 bits per heavy atom. The first-order valence-electron chi connectivity index (χ1n) is 10.0. The van der Waals surface area contributed by atoms with Crippen molar-refractivity contribution >= 4 is 34.0 Å². The molecule has 0 aliphatic carbocycles. The van der Waals surface area contributed by atoms with E-state index in [0.29, 0.717) is 24.3 Å². The van der Waals surface area contributed by atoms with E-state index in [1.807, 2.05) is 73.7 Å². The van der Waals surface area contributed by atoms with Crippen molar-refractivity contribution in [1.29, 1.82) is 0 Å². The normalized spacial score (nSPS) is 14.8. The molecule has 3 aromatic carbocycles. The number of fused-ring (bicyclic) bond motifs is 1. The molecule has 0 bridgehead atoms. The third-order valence-electron chi connectivity index (χ3n) is 5.20. The van der Waals surface area contributed by atoms with Gasteiger partial charge >= 0.3 is 0 Å². The van der Waals surface area contributed by atoms with Gasteiger partial charge in [-0.2, -0.15) is 0 Å². The number of rotatable bonds is 6. The van der Waals surface area contributed by atoms with Crippen molar-refractivity contribution in [3.05, 3.63) is 66.7 Å². The Balaban J connectivity index is 1.45. The van der Waals surface area contributed by atoms with Crippen LogP contribution in [-0.4, -0.2) is 24.5 Å². The summed E-state index contributed by atoms with van der Waals surface area (Å²) in [5, 5.41) is 4.99. The lowest BCUT2D eigenvalue weighted by Crippen LogP contribution is -2.32. The molecule has 0 unspecified atom stereocenters. The first-order chi connectivity index (χ1) is 14.2. The average molecular weight is 388 g/mol. The number of hydrogen-bond acceptors (Lipinski definition) is 3. The highest BCUT2D eigenvalue weighted by Gasteiger charge is 2.22. The van der Waals surface area contributed by atoms with Gasteiger partial charge < -0.3 is 15.0 Å². The van der Waals surface area contributed by atoms with Crippen LogP contribution in [0, 0.1) is 0 Å². The Morgan fingerprint density at radius 3 is 2.55 bits per heavy atom. The number of benzene rings is 3. The maximum absolute atomic E-state index is 12.8. The molecule has 148 valence electrons. The second kappa shape index (κ2) is 8.35. The van der Waals surface area contributed by atoms with E-state index in [9.17, 15) is 9.59 Å². The van der Waals surface area contributed by atoms with Crippen molar-refractivity contribution in [1.82, 2.24) is 0 Å². The molecular weight excluding hydrogens is 364 g/mol. The van der Waals surface area contributed by atoms with Crippen molar-refractivity contribution in [3.63, 3.8) is 0 Å². The fraction of sp³-hybridized carbons (Fsp3) is 0.250. The van der Waals surface area contributed by atoms with Crippen LogP contribution in [0.1, 0.15) is 26.2 Å². The van der Waals surface area contributed by atoms with E-state index in [1.54, 1.807) is 4.90 Å². The molecule has 0 aromatic heterocycles. The van der Waals surface area contributed by atoms with Gasteiger partial charge in [0.2, 0.25) is 5.91 Å². The van der Waals surface area contributed by atoms with E-state index in [4.69, 9.17) is 4.74 Å². The topological polar surface area (TPSA) is 58.6 Å². The monoisotopic (exact) mass is 388 g/mol. The quantitative estimate of drug-likeness (QED) is 0.662. The maximum atomic E-state index is 12.8. The Morgan fingerprint density at radius 1 is 1.07 bits per heavy atom. The lowest BCUT2D eigenvalue weighted by atomic mass is 10.1. The first-order valence-corrected chi connectivity index (χ1v) is 10.0. The van der Waals surface area contributed by atoms with Gasteiger partial charge in [0.15, 0.2) is 6.10 Å². The largest absolute Gasteiger partial charge is 0.480 e. The summed E-state index contributed by atoms with van der Waals surface area (Å²) < 4.78 is 6.07. The van der Waals surface area contributed by atoms with E-state index in [2.05, 4.69) is 5.32 Å². The lowest BCUT2D eigenvalue weighted by Gasteiger charge is -2.19. The number of amides is 2. The molecule has 3 aromatic rings. The van der Waals surface area contributed by atoms with Crippen molar-refractivity contribution in [2.45, 2.75) is 32.3 Å². The summed E-state index contributed by atoms with van der Waals surface area (Å²) in [6, 6.07) is 21.2. The predicted molar refractivity (Wildman–Crippen MR) is 115 cm³/mol. The minimum Gasteiger partial charge on any atom is -0.480 e. The van der Waals surface area contributed by atoms with Gasteiger partial charge in [-0.1, -0.05) is 43.3 Å². The van der Waals surface area contributed by atoms with Crippen LogP contribution in [0.4, 0.5) is 11.4 Å².